The Morgan fingerprint density at radius 1 is 0.771 bits per heavy atom. The Kier molecular flexibility index (Phi) is 10.4. The third-order valence-corrected chi connectivity index (χ3v) is 10.8. The Hall–Kier alpha value is -2.11. The highest BCUT2D eigenvalue weighted by atomic mass is 127. The van der Waals surface area contributed by atoms with E-state index in [1.165, 1.54) is 15.9 Å². The molecule has 0 bridgehead atoms. The van der Waals surface area contributed by atoms with Crippen molar-refractivity contribution in [1.29, 1.82) is 0 Å². The van der Waals surface area contributed by atoms with Crippen molar-refractivity contribution in [2.45, 2.75) is 6.92 Å². The first-order valence-electron chi connectivity index (χ1n) is 11.1. The molecule has 0 saturated carbocycles. The molecule has 6 heteroatoms. The van der Waals surface area contributed by atoms with Gasteiger partial charge in [-0.2, -0.15) is 0 Å². The van der Waals surface area contributed by atoms with Crippen LogP contribution in [0.2, 0.25) is 5.02 Å². The van der Waals surface area contributed by atoms with Crippen molar-refractivity contribution in [1.82, 2.24) is 5.32 Å². The minimum Gasteiger partial charge on any atom is -1.00 e. The molecule has 0 unspecified atom stereocenters. The average Bonchev–Trinajstić information content (AvgIpc) is 2.90. The van der Waals surface area contributed by atoms with E-state index < -0.39 is 7.26 Å². The molecular formula is C29H26ClINOPS. The fourth-order valence-corrected chi connectivity index (χ4v) is 9.19. The van der Waals surface area contributed by atoms with Crippen LogP contribution in [0.3, 0.4) is 0 Å². The van der Waals surface area contributed by atoms with Gasteiger partial charge in [0, 0.05) is 16.0 Å². The van der Waals surface area contributed by atoms with Gasteiger partial charge in [-0.25, -0.2) is 0 Å². The van der Waals surface area contributed by atoms with Gasteiger partial charge in [-0.15, -0.1) is 11.8 Å². The van der Waals surface area contributed by atoms with Gasteiger partial charge >= 0.3 is 0 Å². The van der Waals surface area contributed by atoms with Crippen LogP contribution in [-0.4, -0.2) is 11.7 Å². The molecule has 1 N–H and O–H groups in total. The molecule has 0 saturated heterocycles. The Morgan fingerprint density at radius 3 is 1.60 bits per heavy atom. The monoisotopic (exact) mass is 629 g/mol. The summed E-state index contributed by atoms with van der Waals surface area (Å²) in [6.45, 7) is 2.12. The summed E-state index contributed by atoms with van der Waals surface area (Å²) in [4.78, 5) is 13.5. The molecule has 0 aliphatic carbocycles. The first-order valence-corrected chi connectivity index (χ1v) is 14.3. The maximum absolute atomic E-state index is 13.5. The quantitative estimate of drug-likeness (QED) is 0.239. The van der Waals surface area contributed by atoms with E-state index in [4.69, 9.17) is 11.6 Å². The van der Waals surface area contributed by atoms with Gasteiger partial charge in [0.15, 0.2) is 12.7 Å². The molecule has 0 aromatic heterocycles. The van der Waals surface area contributed by atoms with E-state index in [-0.39, 0.29) is 29.9 Å². The minimum absolute atomic E-state index is 0. The molecule has 0 fully saturated rings. The second kappa shape index (κ2) is 13.3. The van der Waals surface area contributed by atoms with E-state index in [0.717, 1.165) is 11.2 Å². The SMILES string of the molecule is CCSC=C(NC(=O)c1ccc(Cl)cc1)[P+](c1ccccc1)(c1ccccc1)c1ccccc1.[I-]. The van der Waals surface area contributed by atoms with Gasteiger partial charge in [-0.05, 0) is 66.4 Å². The van der Waals surface area contributed by atoms with Crippen LogP contribution in [0.15, 0.2) is 126 Å². The summed E-state index contributed by atoms with van der Waals surface area (Å²) in [6, 6.07) is 38.6. The van der Waals surface area contributed by atoms with Gasteiger partial charge in [-0.3, -0.25) is 10.1 Å². The van der Waals surface area contributed by atoms with Crippen molar-refractivity contribution in [3.05, 3.63) is 137 Å². The van der Waals surface area contributed by atoms with Crippen LogP contribution in [0, 0.1) is 0 Å². The zero-order valence-electron chi connectivity index (χ0n) is 19.3. The highest BCUT2D eigenvalue weighted by Crippen LogP contribution is 2.61. The van der Waals surface area contributed by atoms with Crippen LogP contribution in [0.4, 0.5) is 0 Å². The molecule has 4 aromatic rings. The molecule has 4 aromatic carbocycles. The fourth-order valence-electron chi connectivity index (χ4n) is 3.96. The van der Waals surface area contributed by atoms with Crippen LogP contribution in [-0.2, 0) is 0 Å². The zero-order valence-corrected chi connectivity index (χ0v) is 23.9. The molecule has 2 nitrogen and oxygen atoms in total. The lowest BCUT2D eigenvalue weighted by atomic mass is 10.2. The van der Waals surface area contributed by atoms with Gasteiger partial charge in [0.25, 0.3) is 5.91 Å². The third kappa shape index (κ3) is 6.18. The van der Waals surface area contributed by atoms with E-state index in [9.17, 15) is 4.79 Å². The average molecular weight is 630 g/mol. The van der Waals surface area contributed by atoms with Gasteiger partial charge in [-0.1, -0.05) is 73.1 Å². The number of thioether (sulfide) groups is 1. The molecule has 178 valence electrons. The van der Waals surface area contributed by atoms with Crippen molar-refractivity contribution in [2.24, 2.45) is 0 Å². The number of hydrogen-bond donors (Lipinski definition) is 1. The molecule has 0 atom stereocenters. The normalized spacial score (nSPS) is 11.4. The molecule has 4 rings (SSSR count). The van der Waals surface area contributed by atoms with Gasteiger partial charge < -0.3 is 24.0 Å². The van der Waals surface area contributed by atoms with Crippen LogP contribution in [0.1, 0.15) is 17.3 Å². The molecule has 0 heterocycles. The Bertz CT molecular complexity index is 1160. The first kappa shape index (κ1) is 27.5. The van der Waals surface area contributed by atoms with Crippen molar-refractivity contribution in [3.63, 3.8) is 0 Å². The lowest BCUT2D eigenvalue weighted by Gasteiger charge is -2.29. The molecule has 0 aliphatic heterocycles. The number of benzene rings is 4. The van der Waals surface area contributed by atoms with E-state index in [0.29, 0.717) is 10.6 Å². The molecular weight excluding hydrogens is 604 g/mol. The second-order valence-corrected chi connectivity index (χ2v) is 12.6. The fraction of sp³-hybridized carbons (Fsp3) is 0.0690. The number of carbonyl (C=O) groups excluding carboxylic acids is 1. The van der Waals surface area contributed by atoms with Crippen molar-refractivity contribution < 1.29 is 28.8 Å². The Balaban J connectivity index is 0.00000342. The summed E-state index contributed by atoms with van der Waals surface area (Å²) >= 11 is 7.76. The van der Waals surface area contributed by atoms with Gasteiger partial charge in [0.05, 0.1) is 0 Å². The second-order valence-electron chi connectivity index (χ2n) is 7.60. The maximum atomic E-state index is 13.5. The number of hydrogen-bond acceptors (Lipinski definition) is 2. The predicted molar refractivity (Wildman–Crippen MR) is 150 cm³/mol. The first-order chi connectivity index (χ1) is 16.7. The zero-order chi connectivity index (χ0) is 23.8. The summed E-state index contributed by atoms with van der Waals surface area (Å²) in [5.41, 5.74) is 1.49. The van der Waals surface area contributed by atoms with Gasteiger partial charge in [0.2, 0.25) is 0 Å². The molecule has 1 amide bonds. The predicted octanol–water partition coefficient (Wildman–Crippen LogP) is 3.62. The van der Waals surface area contributed by atoms with Gasteiger partial charge in [0.1, 0.15) is 15.9 Å². The van der Waals surface area contributed by atoms with Crippen molar-refractivity contribution in [3.8, 4) is 0 Å². The third-order valence-electron chi connectivity index (χ3n) is 5.50. The van der Waals surface area contributed by atoms with E-state index >= 15 is 0 Å². The highest BCUT2D eigenvalue weighted by Gasteiger charge is 2.50. The lowest BCUT2D eigenvalue weighted by molar-refractivity contribution is -0.0000148. The van der Waals surface area contributed by atoms with E-state index in [1.807, 2.05) is 18.2 Å². The van der Waals surface area contributed by atoms with Crippen LogP contribution < -0.4 is 45.2 Å². The molecule has 0 radical (unpaired) electrons. The number of amides is 1. The number of halogens is 2. The topological polar surface area (TPSA) is 29.1 Å². The standard InChI is InChI=1S/C29H25ClNOPS.HI/c1-2-34-22-28(31-29(32)23-18-20-24(30)21-19-23)33(25-12-6-3-7-13-25,26-14-8-4-9-15-26)27-16-10-5-11-17-27;/h3-22H,2H2,1H3;1H. The van der Waals surface area contributed by atoms with E-state index in [2.05, 4.69) is 90.4 Å². The maximum Gasteiger partial charge on any atom is 0.258 e. The minimum atomic E-state index is -2.39. The van der Waals surface area contributed by atoms with Crippen LogP contribution in [0.5, 0.6) is 0 Å². The molecule has 0 aliphatic rings. The van der Waals surface area contributed by atoms with Crippen molar-refractivity contribution in [2.75, 3.05) is 5.75 Å². The van der Waals surface area contributed by atoms with Crippen LogP contribution >= 0.6 is 30.6 Å². The van der Waals surface area contributed by atoms with E-state index in [1.54, 1.807) is 36.0 Å². The largest absolute Gasteiger partial charge is 1.00 e. The number of nitrogens with one attached hydrogen (secondary N) is 1. The number of carbonyl (C=O) groups is 1. The smallest absolute Gasteiger partial charge is 0.258 e. The highest BCUT2D eigenvalue weighted by molar-refractivity contribution is 8.04. The molecule has 35 heavy (non-hydrogen) atoms. The van der Waals surface area contributed by atoms with Crippen molar-refractivity contribution >= 4 is 52.4 Å². The Morgan fingerprint density at radius 2 is 1.20 bits per heavy atom. The summed E-state index contributed by atoms with van der Waals surface area (Å²) in [5, 5.41) is 9.63. The number of rotatable bonds is 8. The van der Waals surface area contributed by atoms with Crippen LogP contribution in [0.25, 0.3) is 0 Å². The summed E-state index contributed by atoms with van der Waals surface area (Å²) < 4.78 is 0. The summed E-state index contributed by atoms with van der Waals surface area (Å²) in [7, 11) is -2.39. The lowest BCUT2D eigenvalue weighted by Crippen LogP contribution is -3.00. The molecule has 0 spiro atoms. The summed E-state index contributed by atoms with van der Waals surface area (Å²) in [5.74, 6) is 0.755. The Labute approximate surface area is 234 Å². The summed E-state index contributed by atoms with van der Waals surface area (Å²) in [6.07, 6.45) is 0.